The Morgan fingerprint density at radius 3 is 2.48 bits per heavy atom. The molecule has 0 amide bonds. The predicted octanol–water partition coefficient (Wildman–Crippen LogP) is 0.647. The standard InChI is InChI=1S/C14H16O7/c1-3-21-13(18)14(19,12(16)17)8-11(15)9-5-4-6-10(7-9)20-2/h4-7,19H,3,8H2,1-2H3,(H,16,17). The van der Waals surface area contributed by atoms with Crippen LogP contribution in [0, 0.1) is 0 Å². The van der Waals surface area contributed by atoms with Crippen LogP contribution in [0.5, 0.6) is 5.75 Å². The van der Waals surface area contributed by atoms with Crippen molar-refractivity contribution in [3.63, 3.8) is 0 Å². The number of ketones is 1. The van der Waals surface area contributed by atoms with Gasteiger partial charge in [0.1, 0.15) is 5.75 Å². The Morgan fingerprint density at radius 2 is 1.95 bits per heavy atom. The molecule has 7 nitrogen and oxygen atoms in total. The number of carboxylic acid groups (broad SMARTS) is 1. The van der Waals surface area contributed by atoms with E-state index in [4.69, 9.17) is 9.84 Å². The fraction of sp³-hybridized carbons (Fsp3) is 0.357. The van der Waals surface area contributed by atoms with Crippen LogP contribution in [-0.4, -0.2) is 47.3 Å². The molecule has 0 heterocycles. The molecule has 0 saturated carbocycles. The van der Waals surface area contributed by atoms with E-state index >= 15 is 0 Å². The Hall–Kier alpha value is -2.41. The van der Waals surface area contributed by atoms with Crippen LogP contribution >= 0.6 is 0 Å². The molecule has 0 aliphatic heterocycles. The van der Waals surface area contributed by atoms with Crippen molar-refractivity contribution in [2.24, 2.45) is 0 Å². The average Bonchev–Trinajstić information content (AvgIpc) is 2.47. The molecular weight excluding hydrogens is 280 g/mol. The van der Waals surface area contributed by atoms with E-state index < -0.39 is 29.7 Å². The number of aliphatic hydroxyl groups is 1. The Kier molecular flexibility index (Phi) is 5.43. The molecular formula is C14H16O7. The first-order valence-electron chi connectivity index (χ1n) is 6.15. The van der Waals surface area contributed by atoms with Crippen LogP contribution in [0.2, 0.25) is 0 Å². The van der Waals surface area contributed by atoms with Gasteiger partial charge in [-0.2, -0.15) is 0 Å². The summed E-state index contributed by atoms with van der Waals surface area (Å²) in [5.41, 5.74) is -2.78. The Bertz CT molecular complexity index is 552. The molecule has 0 spiro atoms. The molecule has 0 saturated heterocycles. The molecule has 21 heavy (non-hydrogen) atoms. The monoisotopic (exact) mass is 296 g/mol. The van der Waals surface area contributed by atoms with Crippen molar-refractivity contribution in [2.75, 3.05) is 13.7 Å². The van der Waals surface area contributed by atoms with Crippen molar-refractivity contribution in [1.82, 2.24) is 0 Å². The molecule has 1 rings (SSSR count). The summed E-state index contributed by atoms with van der Waals surface area (Å²) in [4.78, 5) is 34.7. The van der Waals surface area contributed by atoms with Crippen LogP contribution in [0.25, 0.3) is 0 Å². The van der Waals surface area contributed by atoms with Gasteiger partial charge in [-0.15, -0.1) is 0 Å². The first kappa shape index (κ1) is 16.6. The lowest BCUT2D eigenvalue weighted by Gasteiger charge is -2.20. The summed E-state index contributed by atoms with van der Waals surface area (Å²) in [6.07, 6.45) is -0.922. The number of carbonyl (C=O) groups excluding carboxylic acids is 2. The molecule has 114 valence electrons. The van der Waals surface area contributed by atoms with Crippen LogP contribution in [0.15, 0.2) is 24.3 Å². The van der Waals surface area contributed by atoms with Crippen LogP contribution in [0.3, 0.4) is 0 Å². The molecule has 1 atom stereocenters. The normalized spacial score (nSPS) is 13.1. The maximum atomic E-state index is 12.1. The maximum Gasteiger partial charge on any atom is 0.350 e. The number of carboxylic acids is 1. The molecule has 0 radical (unpaired) electrons. The van der Waals surface area contributed by atoms with E-state index in [9.17, 15) is 19.5 Å². The average molecular weight is 296 g/mol. The van der Waals surface area contributed by atoms with Gasteiger partial charge in [-0.3, -0.25) is 4.79 Å². The van der Waals surface area contributed by atoms with Gasteiger partial charge in [0.15, 0.2) is 5.78 Å². The smallest absolute Gasteiger partial charge is 0.350 e. The zero-order chi connectivity index (χ0) is 16.0. The lowest BCUT2D eigenvalue weighted by atomic mass is 9.94. The summed E-state index contributed by atoms with van der Waals surface area (Å²) in [7, 11) is 1.41. The fourth-order valence-electron chi connectivity index (χ4n) is 1.62. The predicted molar refractivity (Wildman–Crippen MR) is 71.2 cm³/mol. The van der Waals surface area contributed by atoms with Gasteiger partial charge in [0.2, 0.25) is 0 Å². The van der Waals surface area contributed by atoms with E-state index in [0.29, 0.717) is 5.75 Å². The van der Waals surface area contributed by atoms with Gasteiger partial charge in [-0.25, -0.2) is 9.59 Å². The second kappa shape index (κ2) is 6.85. The number of hydrogen-bond donors (Lipinski definition) is 2. The maximum absolute atomic E-state index is 12.1. The van der Waals surface area contributed by atoms with Crippen molar-refractivity contribution in [1.29, 1.82) is 0 Å². The largest absolute Gasteiger partial charge is 0.497 e. The molecule has 0 aliphatic carbocycles. The van der Waals surface area contributed by atoms with Crippen LogP contribution in [-0.2, 0) is 14.3 Å². The number of Topliss-reactive ketones (excluding diaryl/α,β-unsaturated/α-hetero) is 1. The van der Waals surface area contributed by atoms with Crippen LogP contribution < -0.4 is 4.74 Å². The first-order valence-corrected chi connectivity index (χ1v) is 6.15. The van der Waals surface area contributed by atoms with Crippen molar-refractivity contribution in [3.8, 4) is 5.75 Å². The third-order valence-corrected chi connectivity index (χ3v) is 2.78. The summed E-state index contributed by atoms with van der Waals surface area (Å²) in [6, 6.07) is 5.95. The highest BCUT2D eigenvalue weighted by atomic mass is 16.6. The number of rotatable bonds is 7. The zero-order valence-electron chi connectivity index (χ0n) is 11.7. The van der Waals surface area contributed by atoms with Gasteiger partial charge in [0, 0.05) is 5.56 Å². The molecule has 1 aromatic rings. The van der Waals surface area contributed by atoms with Crippen molar-refractivity contribution < 1.29 is 34.1 Å². The summed E-state index contributed by atoms with van der Waals surface area (Å²) < 4.78 is 9.45. The van der Waals surface area contributed by atoms with Crippen LogP contribution in [0.4, 0.5) is 0 Å². The minimum atomic E-state index is -2.91. The molecule has 0 aliphatic rings. The molecule has 7 heteroatoms. The lowest BCUT2D eigenvalue weighted by molar-refractivity contribution is -0.179. The van der Waals surface area contributed by atoms with Gasteiger partial charge in [0.05, 0.1) is 20.1 Å². The third-order valence-electron chi connectivity index (χ3n) is 2.78. The quantitative estimate of drug-likeness (QED) is 0.431. The number of esters is 1. The Labute approximate surface area is 121 Å². The molecule has 1 aromatic carbocycles. The molecule has 0 fully saturated rings. The van der Waals surface area contributed by atoms with Gasteiger partial charge in [0.25, 0.3) is 5.60 Å². The van der Waals surface area contributed by atoms with E-state index in [1.54, 1.807) is 6.07 Å². The summed E-state index contributed by atoms with van der Waals surface area (Å²) in [6.45, 7) is 1.35. The highest BCUT2D eigenvalue weighted by Gasteiger charge is 2.47. The van der Waals surface area contributed by atoms with Gasteiger partial charge < -0.3 is 19.7 Å². The fourth-order valence-corrected chi connectivity index (χ4v) is 1.62. The van der Waals surface area contributed by atoms with E-state index in [0.717, 1.165) is 0 Å². The van der Waals surface area contributed by atoms with E-state index in [2.05, 4.69) is 4.74 Å². The molecule has 0 aromatic heterocycles. The number of aliphatic carboxylic acids is 1. The summed E-state index contributed by atoms with van der Waals surface area (Å²) in [5.74, 6) is -3.52. The number of carbonyl (C=O) groups is 3. The molecule has 0 bridgehead atoms. The highest BCUT2D eigenvalue weighted by Crippen LogP contribution is 2.20. The zero-order valence-corrected chi connectivity index (χ0v) is 11.7. The SMILES string of the molecule is CCOC(=O)C(O)(CC(=O)c1cccc(OC)c1)C(=O)O. The van der Waals surface area contributed by atoms with Gasteiger partial charge in [-0.05, 0) is 19.1 Å². The number of ether oxygens (including phenoxy) is 2. The number of hydrogen-bond acceptors (Lipinski definition) is 6. The molecule has 1 unspecified atom stereocenters. The minimum absolute atomic E-state index is 0.109. The van der Waals surface area contributed by atoms with Crippen molar-refractivity contribution in [3.05, 3.63) is 29.8 Å². The highest BCUT2D eigenvalue weighted by molar-refractivity contribution is 6.09. The number of methoxy groups -OCH3 is 1. The second-order valence-electron chi connectivity index (χ2n) is 4.22. The lowest BCUT2D eigenvalue weighted by Crippen LogP contribution is -2.49. The minimum Gasteiger partial charge on any atom is -0.497 e. The third kappa shape index (κ3) is 3.79. The molecule has 2 N–H and O–H groups in total. The van der Waals surface area contributed by atoms with E-state index in [-0.39, 0.29) is 12.2 Å². The van der Waals surface area contributed by atoms with Crippen LogP contribution in [0.1, 0.15) is 23.7 Å². The Morgan fingerprint density at radius 1 is 1.29 bits per heavy atom. The Balaban J connectivity index is 3.01. The summed E-state index contributed by atoms with van der Waals surface area (Å²) in [5, 5.41) is 18.9. The first-order chi connectivity index (χ1) is 9.85. The number of benzene rings is 1. The van der Waals surface area contributed by atoms with E-state index in [1.165, 1.54) is 32.2 Å². The van der Waals surface area contributed by atoms with E-state index in [1.807, 2.05) is 0 Å². The topological polar surface area (TPSA) is 110 Å². The van der Waals surface area contributed by atoms with Gasteiger partial charge >= 0.3 is 11.9 Å². The van der Waals surface area contributed by atoms with Gasteiger partial charge in [-0.1, -0.05) is 12.1 Å². The summed E-state index contributed by atoms with van der Waals surface area (Å²) >= 11 is 0. The van der Waals surface area contributed by atoms with Crippen molar-refractivity contribution in [2.45, 2.75) is 18.9 Å². The second-order valence-corrected chi connectivity index (χ2v) is 4.22. The van der Waals surface area contributed by atoms with Crippen molar-refractivity contribution >= 4 is 17.7 Å².